The summed E-state index contributed by atoms with van der Waals surface area (Å²) in [5, 5.41) is 20.5. The van der Waals surface area contributed by atoms with Gasteiger partial charge >= 0.3 is 6.09 Å². The Morgan fingerprint density at radius 3 is 2.42 bits per heavy atom. The lowest BCUT2D eigenvalue weighted by Gasteiger charge is -2.39. The molecule has 2 N–H and O–H groups in total. The summed E-state index contributed by atoms with van der Waals surface area (Å²) in [4.78, 5) is 27.2. The van der Waals surface area contributed by atoms with Gasteiger partial charge in [0.15, 0.2) is 0 Å². The fourth-order valence-electron chi connectivity index (χ4n) is 3.88. The molecule has 8 nitrogen and oxygen atoms in total. The molecule has 3 aromatic rings. The predicted octanol–water partition coefficient (Wildman–Crippen LogP) is 3.38. The van der Waals surface area contributed by atoms with Gasteiger partial charge in [0.1, 0.15) is 24.7 Å². The number of fused-ring (bicyclic) bond motifs is 1. The molecule has 0 aliphatic carbocycles. The number of carboxylic acid groups (broad SMARTS) is 1. The number of amides is 2. The first-order valence-corrected chi connectivity index (χ1v) is 10.8. The average molecular weight is 450 g/mol. The van der Waals surface area contributed by atoms with Crippen molar-refractivity contribution in [2.24, 2.45) is 0 Å². The highest BCUT2D eigenvalue weighted by atomic mass is 16.5. The Kier molecular flexibility index (Phi) is 6.95. The molecule has 1 heterocycles. The number of anilines is 1. The lowest BCUT2D eigenvalue weighted by atomic mass is 10.1. The quantitative estimate of drug-likeness (QED) is 0.511. The van der Waals surface area contributed by atoms with E-state index in [9.17, 15) is 14.7 Å². The standard InChI is InChI=1S/C25H26N2O6/c28-12-3-13-32-22-10-7-20(8-11-22)27-21(15-26(25(30)31)16-24(27)29)17-33-23-9-6-18-4-1-2-5-19(18)14-23/h1-2,4-11,14,21,28H,3,12-13,15-17H2,(H,30,31)/t21-/m1/s1. The molecule has 1 fully saturated rings. The molecule has 0 spiro atoms. The van der Waals surface area contributed by atoms with E-state index in [4.69, 9.17) is 14.6 Å². The van der Waals surface area contributed by atoms with Crippen molar-refractivity contribution in [2.45, 2.75) is 12.5 Å². The predicted molar refractivity (Wildman–Crippen MR) is 124 cm³/mol. The van der Waals surface area contributed by atoms with Crippen LogP contribution in [0.1, 0.15) is 6.42 Å². The van der Waals surface area contributed by atoms with Gasteiger partial charge in [-0.25, -0.2) is 4.79 Å². The molecule has 4 rings (SSSR count). The van der Waals surface area contributed by atoms with E-state index in [0.29, 0.717) is 30.2 Å². The molecule has 172 valence electrons. The summed E-state index contributed by atoms with van der Waals surface area (Å²) < 4.78 is 11.6. The van der Waals surface area contributed by atoms with Crippen molar-refractivity contribution < 1.29 is 29.3 Å². The maximum Gasteiger partial charge on any atom is 0.407 e. The molecule has 2 amide bonds. The third-order valence-electron chi connectivity index (χ3n) is 5.51. The average Bonchev–Trinajstić information content (AvgIpc) is 2.83. The first-order chi connectivity index (χ1) is 16.0. The van der Waals surface area contributed by atoms with Crippen LogP contribution in [0.25, 0.3) is 10.8 Å². The zero-order valence-corrected chi connectivity index (χ0v) is 18.1. The third-order valence-corrected chi connectivity index (χ3v) is 5.51. The van der Waals surface area contributed by atoms with Crippen molar-refractivity contribution in [2.75, 3.05) is 37.8 Å². The van der Waals surface area contributed by atoms with Gasteiger partial charge in [-0.15, -0.1) is 0 Å². The van der Waals surface area contributed by atoms with Gasteiger partial charge in [0.05, 0.1) is 12.6 Å². The summed E-state index contributed by atoms with van der Waals surface area (Å²) in [6, 6.07) is 20.3. The van der Waals surface area contributed by atoms with Gasteiger partial charge in [0, 0.05) is 25.3 Å². The van der Waals surface area contributed by atoms with Crippen molar-refractivity contribution in [3.05, 3.63) is 66.7 Å². The van der Waals surface area contributed by atoms with Crippen LogP contribution in [0.15, 0.2) is 66.7 Å². The number of aliphatic hydroxyl groups excluding tert-OH is 1. The molecule has 33 heavy (non-hydrogen) atoms. The van der Waals surface area contributed by atoms with Crippen LogP contribution < -0.4 is 14.4 Å². The molecule has 1 saturated heterocycles. The number of benzene rings is 3. The lowest BCUT2D eigenvalue weighted by molar-refractivity contribution is -0.122. The summed E-state index contributed by atoms with van der Waals surface area (Å²) in [7, 11) is 0. The normalized spacial score (nSPS) is 16.2. The Balaban J connectivity index is 1.52. The number of piperazine rings is 1. The SMILES string of the molecule is O=C(O)N1CC(=O)N(c2ccc(OCCCO)cc2)[C@@H](COc2ccc3ccccc3c2)C1. The maximum absolute atomic E-state index is 12.9. The smallest absolute Gasteiger partial charge is 0.407 e. The van der Waals surface area contributed by atoms with Gasteiger partial charge in [-0.05, 0) is 47.2 Å². The molecule has 0 bridgehead atoms. The molecule has 0 aromatic heterocycles. The van der Waals surface area contributed by atoms with Gasteiger partial charge in [-0.1, -0.05) is 30.3 Å². The highest BCUT2D eigenvalue weighted by molar-refractivity contribution is 5.98. The minimum atomic E-state index is -1.13. The van der Waals surface area contributed by atoms with Crippen LogP contribution in [0.3, 0.4) is 0 Å². The molecule has 1 aliphatic heterocycles. The Morgan fingerprint density at radius 1 is 0.970 bits per heavy atom. The highest BCUT2D eigenvalue weighted by Crippen LogP contribution is 2.26. The third kappa shape index (κ3) is 5.35. The summed E-state index contributed by atoms with van der Waals surface area (Å²) in [5.74, 6) is 0.971. The first-order valence-electron chi connectivity index (χ1n) is 10.8. The number of ether oxygens (including phenoxy) is 2. The van der Waals surface area contributed by atoms with Gasteiger partial charge in [0.25, 0.3) is 0 Å². The van der Waals surface area contributed by atoms with E-state index < -0.39 is 12.1 Å². The largest absolute Gasteiger partial charge is 0.494 e. The van der Waals surface area contributed by atoms with Crippen molar-refractivity contribution >= 4 is 28.5 Å². The van der Waals surface area contributed by atoms with Crippen molar-refractivity contribution in [1.29, 1.82) is 0 Å². The number of nitrogens with zero attached hydrogens (tertiary/aromatic N) is 2. The van der Waals surface area contributed by atoms with Crippen LogP contribution in [0.5, 0.6) is 11.5 Å². The molecular weight excluding hydrogens is 424 g/mol. The number of carbonyl (C=O) groups excluding carboxylic acids is 1. The second kappa shape index (κ2) is 10.2. The van der Waals surface area contributed by atoms with Crippen molar-refractivity contribution in [3.63, 3.8) is 0 Å². The molecule has 0 unspecified atom stereocenters. The Labute approximate surface area is 191 Å². The molecule has 1 aliphatic rings. The second-order valence-electron chi connectivity index (χ2n) is 7.82. The molecule has 1 atom stereocenters. The van der Waals surface area contributed by atoms with Crippen LogP contribution in [0.2, 0.25) is 0 Å². The second-order valence-corrected chi connectivity index (χ2v) is 7.82. The summed E-state index contributed by atoms with van der Waals surface area (Å²) in [6.07, 6.45) is -0.600. The van der Waals surface area contributed by atoms with Crippen LogP contribution in [0.4, 0.5) is 10.5 Å². The zero-order chi connectivity index (χ0) is 23.2. The van der Waals surface area contributed by atoms with E-state index in [-0.39, 0.29) is 32.2 Å². The van der Waals surface area contributed by atoms with Crippen LogP contribution in [0, 0.1) is 0 Å². The highest BCUT2D eigenvalue weighted by Gasteiger charge is 2.36. The molecule has 8 heteroatoms. The van der Waals surface area contributed by atoms with Gasteiger partial charge in [-0.3, -0.25) is 9.69 Å². The van der Waals surface area contributed by atoms with E-state index in [1.54, 1.807) is 29.2 Å². The van der Waals surface area contributed by atoms with E-state index in [2.05, 4.69) is 0 Å². The fraction of sp³-hybridized carbons (Fsp3) is 0.280. The Morgan fingerprint density at radius 2 is 1.70 bits per heavy atom. The fourth-order valence-corrected chi connectivity index (χ4v) is 3.88. The minimum absolute atomic E-state index is 0.0549. The van der Waals surface area contributed by atoms with Crippen LogP contribution in [-0.2, 0) is 4.79 Å². The topological polar surface area (TPSA) is 99.5 Å². The van der Waals surface area contributed by atoms with Crippen LogP contribution in [-0.4, -0.2) is 66.1 Å². The lowest BCUT2D eigenvalue weighted by Crippen LogP contribution is -2.59. The van der Waals surface area contributed by atoms with Gasteiger partial charge in [-0.2, -0.15) is 0 Å². The van der Waals surface area contributed by atoms with E-state index >= 15 is 0 Å². The monoisotopic (exact) mass is 450 g/mol. The maximum atomic E-state index is 12.9. The molecule has 3 aromatic carbocycles. The minimum Gasteiger partial charge on any atom is -0.494 e. The number of rotatable bonds is 8. The number of aliphatic hydroxyl groups is 1. The Bertz CT molecular complexity index is 1120. The van der Waals surface area contributed by atoms with E-state index in [1.165, 1.54) is 0 Å². The van der Waals surface area contributed by atoms with Crippen molar-refractivity contribution in [1.82, 2.24) is 4.90 Å². The zero-order valence-electron chi connectivity index (χ0n) is 18.1. The van der Waals surface area contributed by atoms with Crippen molar-refractivity contribution in [3.8, 4) is 11.5 Å². The molecule has 0 saturated carbocycles. The number of hydrogen-bond acceptors (Lipinski definition) is 5. The van der Waals surface area contributed by atoms with E-state index in [1.807, 2.05) is 42.5 Å². The Hall–Kier alpha value is -3.78. The summed E-state index contributed by atoms with van der Waals surface area (Å²) in [5.41, 5.74) is 0.645. The van der Waals surface area contributed by atoms with E-state index in [0.717, 1.165) is 15.7 Å². The number of carbonyl (C=O) groups is 2. The summed E-state index contributed by atoms with van der Waals surface area (Å²) >= 11 is 0. The van der Waals surface area contributed by atoms with Gasteiger partial charge in [0.2, 0.25) is 5.91 Å². The van der Waals surface area contributed by atoms with Crippen LogP contribution >= 0.6 is 0 Å². The number of hydrogen-bond donors (Lipinski definition) is 2. The van der Waals surface area contributed by atoms with Gasteiger partial charge < -0.3 is 24.6 Å². The summed E-state index contributed by atoms with van der Waals surface area (Å²) in [6.45, 7) is 0.524. The first kappa shape index (κ1) is 22.4. The molecular formula is C25H26N2O6. The molecule has 0 radical (unpaired) electrons.